The van der Waals surface area contributed by atoms with Crippen molar-refractivity contribution >= 4 is 17.6 Å². The average Bonchev–Trinajstić information content (AvgIpc) is 2.16. The molecule has 0 spiro atoms. The first-order valence-electron chi connectivity index (χ1n) is 4.02. The molecule has 0 bridgehead atoms. The second-order valence-corrected chi connectivity index (χ2v) is 3.41. The molecule has 0 aliphatic carbocycles. The maximum Gasteiger partial charge on any atom is 0.130 e. The maximum atomic E-state index is 10.6. The monoisotopic (exact) mass is 209 g/mol. The lowest BCUT2D eigenvalue weighted by molar-refractivity contribution is -0.299. The number of halogens is 1. The standard InChI is InChI=1S/C10H7ClO3/c11-8-1-2-9-6(4-8)3-7(5-14-9)10(12)13/h1-2,4-5H,3H2,(H,12,13)/p-1. The Balaban J connectivity index is 2.35. The van der Waals surface area contributed by atoms with Crippen LogP contribution in [0.2, 0.25) is 5.02 Å². The van der Waals surface area contributed by atoms with Gasteiger partial charge in [-0.3, -0.25) is 0 Å². The Bertz CT molecular complexity index is 423. The molecule has 1 heterocycles. The van der Waals surface area contributed by atoms with Gasteiger partial charge in [-0.1, -0.05) is 11.6 Å². The highest BCUT2D eigenvalue weighted by atomic mass is 35.5. The van der Waals surface area contributed by atoms with Crippen molar-refractivity contribution in [3.05, 3.63) is 40.6 Å². The van der Waals surface area contributed by atoms with Gasteiger partial charge in [0, 0.05) is 22.6 Å². The van der Waals surface area contributed by atoms with Crippen LogP contribution in [0.15, 0.2) is 30.0 Å². The van der Waals surface area contributed by atoms with Crippen molar-refractivity contribution in [1.82, 2.24) is 0 Å². The van der Waals surface area contributed by atoms with Crippen LogP contribution in [0, 0.1) is 0 Å². The van der Waals surface area contributed by atoms with Gasteiger partial charge in [0.2, 0.25) is 0 Å². The van der Waals surface area contributed by atoms with Crippen molar-refractivity contribution in [1.29, 1.82) is 0 Å². The Morgan fingerprint density at radius 3 is 3.00 bits per heavy atom. The topological polar surface area (TPSA) is 49.4 Å². The van der Waals surface area contributed by atoms with Crippen molar-refractivity contribution in [3.8, 4) is 5.75 Å². The highest BCUT2D eigenvalue weighted by Crippen LogP contribution is 2.28. The molecule has 0 aromatic heterocycles. The first-order chi connectivity index (χ1) is 6.66. The lowest BCUT2D eigenvalue weighted by atomic mass is 10.0. The summed E-state index contributed by atoms with van der Waals surface area (Å²) in [5, 5.41) is 11.1. The van der Waals surface area contributed by atoms with Crippen LogP contribution in [0.25, 0.3) is 0 Å². The molecule has 0 N–H and O–H groups in total. The summed E-state index contributed by atoms with van der Waals surface area (Å²) in [6, 6.07) is 5.09. The summed E-state index contributed by atoms with van der Waals surface area (Å²) in [4.78, 5) is 10.6. The molecule has 2 rings (SSSR count). The normalized spacial score (nSPS) is 13.9. The number of fused-ring (bicyclic) bond motifs is 1. The van der Waals surface area contributed by atoms with E-state index in [0.717, 1.165) is 5.56 Å². The largest absolute Gasteiger partial charge is 0.545 e. The van der Waals surface area contributed by atoms with Crippen LogP contribution < -0.4 is 9.84 Å². The number of carboxylic acid groups (broad SMARTS) is 1. The molecule has 0 atom stereocenters. The molecule has 0 unspecified atom stereocenters. The van der Waals surface area contributed by atoms with Crippen LogP contribution in [0.1, 0.15) is 5.56 Å². The van der Waals surface area contributed by atoms with Gasteiger partial charge in [0.05, 0.1) is 12.2 Å². The molecule has 0 fully saturated rings. The lowest BCUT2D eigenvalue weighted by Crippen LogP contribution is -2.27. The van der Waals surface area contributed by atoms with Gasteiger partial charge in [0.15, 0.2) is 0 Å². The Morgan fingerprint density at radius 1 is 1.50 bits per heavy atom. The summed E-state index contributed by atoms with van der Waals surface area (Å²) in [5.41, 5.74) is 0.888. The fourth-order valence-corrected chi connectivity index (χ4v) is 1.50. The first-order valence-corrected chi connectivity index (χ1v) is 4.40. The Morgan fingerprint density at radius 2 is 2.29 bits per heavy atom. The number of carbonyl (C=O) groups excluding carboxylic acids is 1. The molecule has 0 saturated carbocycles. The third-order valence-electron chi connectivity index (χ3n) is 1.99. The number of hydrogen-bond donors (Lipinski definition) is 0. The summed E-state index contributed by atoms with van der Waals surface area (Å²) < 4.78 is 5.11. The fourth-order valence-electron chi connectivity index (χ4n) is 1.30. The van der Waals surface area contributed by atoms with E-state index in [4.69, 9.17) is 16.3 Å². The highest BCUT2D eigenvalue weighted by Gasteiger charge is 2.13. The molecule has 0 saturated heterocycles. The van der Waals surface area contributed by atoms with Crippen LogP contribution >= 0.6 is 11.6 Å². The maximum absolute atomic E-state index is 10.6. The molecule has 0 amide bonds. The molecule has 1 aromatic rings. The number of carboxylic acids is 1. The van der Waals surface area contributed by atoms with Crippen LogP contribution in [0.5, 0.6) is 5.75 Å². The molecular weight excluding hydrogens is 204 g/mol. The summed E-state index contributed by atoms with van der Waals surface area (Å²) >= 11 is 5.77. The van der Waals surface area contributed by atoms with Gasteiger partial charge in [-0.25, -0.2) is 0 Å². The summed E-state index contributed by atoms with van der Waals surface area (Å²) in [7, 11) is 0. The van der Waals surface area contributed by atoms with E-state index in [2.05, 4.69) is 0 Å². The summed E-state index contributed by atoms with van der Waals surface area (Å²) in [6.45, 7) is 0. The fraction of sp³-hybridized carbons (Fsp3) is 0.100. The number of hydrogen-bond acceptors (Lipinski definition) is 3. The Hall–Kier alpha value is -1.48. The second kappa shape index (κ2) is 3.35. The van der Waals surface area contributed by atoms with Gasteiger partial charge in [-0.05, 0) is 18.2 Å². The van der Waals surface area contributed by atoms with Crippen molar-refractivity contribution in [2.24, 2.45) is 0 Å². The zero-order valence-electron chi connectivity index (χ0n) is 7.12. The Labute approximate surface area is 85.6 Å². The quantitative estimate of drug-likeness (QED) is 0.691. The molecule has 14 heavy (non-hydrogen) atoms. The first kappa shape index (κ1) is 9.09. The zero-order chi connectivity index (χ0) is 10.1. The number of carbonyl (C=O) groups is 1. The number of aliphatic carboxylic acids is 1. The van der Waals surface area contributed by atoms with Crippen LogP contribution in [-0.4, -0.2) is 5.97 Å². The van der Waals surface area contributed by atoms with E-state index in [-0.39, 0.29) is 12.0 Å². The highest BCUT2D eigenvalue weighted by molar-refractivity contribution is 6.30. The molecule has 1 aliphatic rings. The molecular formula is C10H6ClO3-. The minimum Gasteiger partial charge on any atom is -0.545 e. The van der Waals surface area contributed by atoms with Gasteiger partial charge in [-0.15, -0.1) is 0 Å². The molecule has 0 radical (unpaired) electrons. The van der Waals surface area contributed by atoms with E-state index in [1.165, 1.54) is 6.26 Å². The lowest BCUT2D eigenvalue weighted by Gasteiger charge is -2.17. The molecule has 1 aromatic carbocycles. The van der Waals surface area contributed by atoms with Gasteiger partial charge in [-0.2, -0.15) is 0 Å². The minimum absolute atomic E-state index is 0.125. The molecule has 72 valence electrons. The van der Waals surface area contributed by atoms with Crippen molar-refractivity contribution in [2.75, 3.05) is 0 Å². The second-order valence-electron chi connectivity index (χ2n) is 2.98. The molecule has 3 nitrogen and oxygen atoms in total. The number of ether oxygens (including phenoxy) is 1. The SMILES string of the molecule is O=C([O-])C1=COc2ccc(Cl)cc2C1. The van der Waals surface area contributed by atoms with E-state index in [0.29, 0.717) is 10.8 Å². The predicted octanol–water partition coefficient (Wildman–Crippen LogP) is 0.909. The summed E-state index contributed by atoms with van der Waals surface area (Å²) in [6.07, 6.45) is 1.49. The van der Waals surface area contributed by atoms with Gasteiger partial charge in [0.1, 0.15) is 5.75 Å². The van der Waals surface area contributed by atoms with E-state index < -0.39 is 5.97 Å². The predicted molar refractivity (Wildman–Crippen MR) is 48.9 cm³/mol. The van der Waals surface area contributed by atoms with Crippen molar-refractivity contribution < 1.29 is 14.6 Å². The van der Waals surface area contributed by atoms with Gasteiger partial charge < -0.3 is 14.6 Å². The van der Waals surface area contributed by atoms with E-state index in [1.807, 2.05) is 0 Å². The van der Waals surface area contributed by atoms with Crippen molar-refractivity contribution in [2.45, 2.75) is 6.42 Å². The van der Waals surface area contributed by atoms with Crippen molar-refractivity contribution in [3.63, 3.8) is 0 Å². The molecule has 4 heteroatoms. The Kier molecular flexibility index (Phi) is 2.17. The zero-order valence-corrected chi connectivity index (χ0v) is 7.88. The van der Waals surface area contributed by atoms with E-state index in [1.54, 1.807) is 18.2 Å². The third-order valence-corrected chi connectivity index (χ3v) is 2.23. The molecule has 1 aliphatic heterocycles. The van der Waals surface area contributed by atoms with Crippen LogP contribution in [0.4, 0.5) is 0 Å². The number of benzene rings is 1. The minimum atomic E-state index is -1.21. The third kappa shape index (κ3) is 1.59. The number of rotatable bonds is 1. The van der Waals surface area contributed by atoms with E-state index >= 15 is 0 Å². The smallest absolute Gasteiger partial charge is 0.130 e. The average molecular weight is 210 g/mol. The van der Waals surface area contributed by atoms with E-state index in [9.17, 15) is 9.90 Å². The summed E-state index contributed by atoms with van der Waals surface area (Å²) in [5.74, 6) is -0.574. The van der Waals surface area contributed by atoms with Gasteiger partial charge >= 0.3 is 0 Å². The van der Waals surface area contributed by atoms with Gasteiger partial charge in [0.25, 0.3) is 0 Å². The van der Waals surface area contributed by atoms with Crippen LogP contribution in [0.3, 0.4) is 0 Å². The van der Waals surface area contributed by atoms with Crippen LogP contribution in [-0.2, 0) is 11.2 Å².